The molecule has 1 aliphatic heterocycles. The van der Waals surface area contributed by atoms with Gasteiger partial charge in [-0.2, -0.15) is 0 Å². The Morgan fingerprint density at radius 1 is 1.12 bits per heavy atom. The van der Waals surface area contributed by atoms with E-state index < -0.39 is 0 Å². The van der Waals surface area contributed by atoms with E-state index in [1.807, 2.05) is 12.1 Å². The number of rotatable bonds is 0. The van der Waals surface area contributed by atoms with Gasteiger partial charge in [-0.1, -0.05) is 49.2 Å². The van der Waals surface area contributed by atoms with E-state index in [0.717, 1.165) is 12.1 Å². The molecule has 2 aliphatic rings. The monoisotopic (exact) mass is 247 g/mol. The molecular formula is C14H17NOS. The molecule has 1 N–H and O–H groups in total. The molecule has 1 aromatic rings. The van der Waals surface area contributed by atoms with Gasteiger partial charge in [0.1, 0.15) is 0 Å². The van der Waals surface area contributed by atoms with Gasteiger partial charge < -0.3 is 5.32 Å². The molecule has 17 heavy (non-hydrogen) atoms. The first kappa shape index (κ1) is 11.1. The number of nitrogens with one attached hydrogen (secondary N) is 1. The lowest BCUT2D eigenvalue weighted by Crippen LogP contribution is -2.31. The number of benzene rings is 1. The summed E-state index contributed by atoms with van der Waals surface area (Å²) < 4.78 is 0.162. The molecule has 2 nitrogen and oxygen atoms in total. The molecule has 0 atom stereocenters. The molecule has 0 bridgehead atoms. The highest BCUT2D eigenvalue weighted by Crippen LogP contribution is 2.45. The van der Waals surface area contributed by atoms with Crippen LogP contribution in [0.5, 0.6) is 0 Å². The summed E-state index contributed by atoms with van der Waals surface area (Å²) in [7, 11) is 0. The molecule has 3 rings (SSSR count). The van der Waals surface area contributed by atoms with Crippen LogP contribution in [0.15, 0.2) is 24.3 Å². The van der Waals surface area contributed by atoms with Gasteiger partial charge in [-0.05, 0) is 30.9 Å². The molecule has 0 radical (unpaired) electrons. The van der Waals surface area contributed by atoms with E-state index in [1.54, 1.807) is 0 Å². The topological polar surface area (TPSA) is 29.1 Å². The van der Waals surface area contributed by atoms with E-state index in [0.29, 0.717) is 0 Å². The molecule has 1 saturated carbocycles. The standard InChI is InChI=1S/C14H17NOS/c16-13-15-12-7-3-2-6-11(12)10-14(17-13)8-4-1-5-9-14/h2-3,6-7H,1,4-5,8-10H2,(H,15,16). The van der Waals surface area contributed by atoms with Crippen LogP contribution in [0.4, 0.5) is 10.5 Å². The van der Waals surface area contributed by atoms with Gasteiger partial charge in [0.2, 0.25) is 0 Å². The molecule has 1 aliphatic carbocycles. The van der Waals surface area contributed by atoms with Gasteiger partial charge in [0.15, 0.2) is 0 Å². The SMILES string of the molecule is O=C1Nc2ccccc2CC2(CCCCC2)S1. The average molecular weight is 247 g/mol. The Labute approximate surface area is 106 Å². The minimum atomic E-state index is 0.122. The number of amides is 1. The minimum absolute atomic E-state index is 0.122. The van der Waals surface area contributed by atoms with Crippen LogP contribution in [0, 0.1) is 0 Å². The van der Waals surface area contributed by atoms with Gasteiger partial charge in [0.25, 0.3) is 5.24 Å². The van der Waals surface area contributed by atoms with Crippen molar-refractivity contribution in [3.8, 4) is 0 Å². The molecule has 1 aromatic carbocycles. The molecule has 1 fully saturated rings. The van der Waals surface area contributed by atoms with Crippen molar-refractivity contribution in [3.63, 3.8) is 0 Å². The van der Waals surface area contributed by atoms with Gasteiger partial charge in [0.05, 0.1) is 0 Å². The quantitative estimate of drug-likeness (QED) is 0.744. The zero-order valence-corrected chi connectivity index (χ0v) is 10.7. The van der Waals surface area contributed by atoms with Crippen molar-refractivity contribution in [2.75, 3.05) is 5.32 Å². The second-order valence-electron chi connectivity index (χ2n) is 5.09. The minimum Gasteiger partial charge on any atom is -0.317 e. The second-order valence-corrected chi connectivity index (χ2v) is 6.53. The summed E-state index contributed by atoms with van der Waals surface area (Å²) >= 11 is 1.54. The van der Waals surface area contributed by atoms with Gasteiger partial charge in [-0.3, -0.25) is 4.79 Å². The predicted octanol–water partition coefficient (Wildman–Crippen LogP) is 4.21. The van der Waals surface area contributed by atoms with Gasteiger partial charge in [-0.25, -0.2) is 0 Å². The predicted molar refractivity (Wildman–Crippen MR) is 72.6 cm³/mol. The lowest BCUT2D eigenvalue weighted by atomic mass is 9.83. The summed E-state index contributed by atoms with van der Waals surface area (Å²) in [6.07, 6.45) is 7.25. The van der Waals surface area contributed by atoms with E-state index in [1.165, 1.54) is 49.4 Å². The maximum atomic E-state index is 12.0. The van der Waals surface area contributed by atoms with Crippen LogP contribution in [-0.4, -0.2) is 9.99 Å². The van der Waals surface area contributed by atoms with Gasteiger partial charge in [-0.15, -0.1) is 0 Å². The van der Waals surface area contributed by atoms with Crippen LogP contribution >= 0.6 is 11.8 Å². The zero-order chi connectivity index (χ0) is 11.7. The highest BCUT2D eigenvalue weighted by molar-refractivity contribution is 8.15. The van der Waals surface area contributed by atoms with E-state index in [4.69, 9.17) is 0 Å². The number of anilines is 1. The van der Waals surface area contributed by atoms with Crippen molar-refractivity contribution >= 4 is 22.7 Å². The Hall–Kier alpha value is -0.960. The van der Waals surface area contributed by atoms with Crippen LogP contribution in [0.25, 0.3) is 0 Å². The molecule has 3 heteroatoms. The molecule has 0 unspecified atom stereocenters. The molecule has 90 valence electrons. The van der Waals surface area contributed by atoms with Crippen LogP contribution < -0.4 is 5.32 Å². The van der Waals surface area contributed by atoms with Crippen molar-refractivity contribution < 1.29 is 4.79 Å². The van der Waals surface area contributed by atoms with Gasteiger partial charge in [0, 0.05) is 10.4 Å². The summed E-state index contributed by atoms with van der Waals surface area (Å²) in [6.45, 7) is 0. The Balaban J connectivity index is 1.96. The molecule has 1 spiro atoms. The first-order valence-corrected chi connectivity index (χ1v) is 7.17. The van der Waals surface area contributed by atoms with Crippen molar-refractivity contribution in [2.24, 2.45) is 0 Å². The summed E-state index contributed by atoms with van der Waals surface area (Å²) in [6, 6.07) is 8.22. The molecular weight excluding hydrogens is 230 g/mol. The molecule has 0 saturated heterocycles. The Kier molecular flexibility index (Phi) is 2.87. The molecule has 1 heterocycles. The smallest absolute Gasteiger partial charge is 0.284 e. The molecule has 1 amide bonds. The number of carbonyl (C=O) groups excluding carboxylic acids is 1. The Bertz CT molecular complexity index is 438. The number of para-hydroxylation sites is 1. The third-order valence-electron chi connectivity index (χ3n) is 3.84. The molecule has 0 aromatic heterocycles. The third kappa shape index (κ3) is 2.21. The fraction of sp³-hybridized carbons (Fsp3) is 0.500. The van der Waals surface area contributed by atoms with Crippen LogP contribution in [0.3, 0.4) is 0 Å². The maximum absolute atomic E-state index is 12.0. The summed E-state index contributed by atoms with van der Waals surface area (Å²) in [5, 5.41) is 3.14. The highest BCUT2D eigenvalue weighted by atomic mass is 32.2. The van der Waals surface area contributed by atoms with Crippen LogP contribution in [0.1, 0.15) is 37.7 Å². The Morgan fingerprint density at radius 3 is 2.71 bits per heavy atom. The van der Waals surface area contributed by atoms with Crippen molar-refractivity contribution in [1.29, 1.82) is 0 Å². The third-order valence-corrected chi connectivity index (χ3v) is 5.11. The number of hydrogen-bond donors (Lipinski definition) is 1. The first-order chi connectivity index (χ1) is 8.27. The average Bonchev–Trinajstić information content (AvgIpc) is 2.45. The number of thioether (sulfide) groups is 1. The van der Waals surface area contributed by atoms with E-state index in [-0.39, 0.29) is 9.99 Å². The summed E-state index contributed by atoms with van der Waals surface area (Å²) in [5.74, 6) is 0. The van der Waals surface area contributed by atoms with Crippen molar-refractivity contribution in [3.05, 3.63) is 29.8 Å². The number of hydrogen-bond acceptors (Lipinski definition) is 2. The fourth-order valence-electron chi connectivity index (χ4n) is 2.99. The van der Waals surface area contributed by atoms with E-state index in [9.17, 15) is 4.79 Å². The summed E-state index contributed by atoms with van der Waals surface area (Å²) in [4.78, 5) is 12.0. The summed E-state index contributed by atoms with van der Waals surface area (Å²) in [5.41, 5.74) is 2.31. The lowest BCUT2D eigenvalue weighted by Gasteiger charge is -2.34. The van der Waals surface area contributed by atoms with Crippen molar-refractivity contribution in [2.45, 2.75) is 43.3 Å². The second kappa shape index (κ2) is 4.37. The zero-order valence-electron chi connectivity index (χ0n) is 9.87. The highest BCUT2D eigenvalue weighted by Gasteiger charge is 2.37. The van der Waals surface area contributed by atoms with Crippen molar-refractivity contribution in [1.82, 2.24) is 0 Å². The normalized spacial score (nSPS) is 22.7. The number of fused-ring (bicyclic) bond motifs is 1. The van der Waals surface area contributed by atoms with Crippen LogP contribution in [-0.2, 0) is 6.42 Å². The van der Waals surface area contributed by atoms with E-state index in [2.05, 4.69) is 17.4 Å². The Morgan fingerprint density at radius 2 is 1.88 bits per heavy atom. The lowest BCUT2D eigenvalue weighted by molar-refractivity contribution is 0.269. The first-order valence-electron chi connectivity index (χ1n) is 6.35. The fourth-order valence-corrected chi connectivity index (χ4v) is 4.26. The van der Waals surface area contributed by atoms with E-state index >= 15 is 0 Å². The van der Waals surface area contributed by atoms with Crippen LogP contribution in [0.2, 0.25) is 0 Å². The van der Waals surface area contributed by atoms with Gasteiger partial charge >= 0.3 is 0 Å². The maximum Gasteiger partial charge on any atom is 0.284 e. The largest absolute Gasteiger partial charge is 0.317 e. The number of carbonyl (C=O) groups is 1.